The smallest absolute Gasteiger partial charge is 0.227 e. The third-order valence-corrected chi connectivity index (χ3v) is 3.99. The van der Waals surface area contributed by atoms with Crippen LogP contribution in [0.25, 0.3) is 0 Å². The molecule has 0 aliphatic carbocycles. The van der Waals surface area contributed by atoms with Gasteiger partial charge in [0.05, 0.1) is 12.5 Å². The topological polar surface area (TPSA) is 77.0 Å². The summed E-state index contributed by atoms with van der Waals surface area (Å²) in [4.78, 5) is 18.5. The molecule has 1 aliphatic heterocycles. The number of piperidine rings is 1. The van der Waals surface area contributed by atoms with Gasteiger partial charge in [-0.05, 0) is 18.9 Å². The van der Waals surface area contributed by atoms with Gasteiger partial charge in [-0.1, -0.05) is 12.1 Å². The number of amides is 1. The predicted molar refractivity (Wildman–Crippen MR) is 74.2 cm³/mol. The molecule has 3 rings (SSSR count). The molecule has 1 saturated heterocycles. The quantitative estimate of drug-likeness (QED) is 0.848. The number of aromatic nitrogens is 4. The van der Waals surface area contributed by atoms with E-state index >= 15 is 0 Å². The Hall–Kier alpha value is -2.18. The normalized spacial score (nSPS) is 17.9. The van der Waals surface area contributed by atoms with Crippen molar-refractivity contribution in [3.63, 3.8) is 0 Å². The monoisotopic (exact) mass is 289 g/mol. The van der Waals surface area contributed by atoms with Crippen LogP contribution in [0.15, 0.2) is 29.4 Å². The maximum absolute atomic E-state index is 12.5. The number of hydrogen-bond acceptors (Lipinski definition) is 5. The van der Waals surface area contributed by atoms with Crippen LogP contribution in [0.4, 0.5) is 0 Å². The van der Waals surface area contributed by atoms with Crippen molar-refractivity contribution in [3.8, 4) is 0 Å². The lowest BCUT2D eigenvalue weighted by atomic mass is 9.95. The van der Waals surface area contributed by atoms with E-state index in [2.05, 4.69) is 15.2 Å². The first-order valence-corrected chi connectivity index (χ1v) is 7.26. The number of likely N-dealkylation sites (tertiary alicyclic amines) is 1. The second kappa shape index (κ2) is 6.07. The van der Waals surface area contributed by atoms with E-state index in [0.717, 1.165) is 31.8 Å². The molecule has 2 aromatic rings. The molecule has 2 aromatic heterocycles. The van der Waals surface area contributed by atoms with Crippen LogP contribution < -0.4 is 0 Å². The van der Waals surface area contributed by atoms with Crippen LogP contribution >= 0.6 is 0 Å². The van der Waals surface area contributed by atoms with Crippen LogP contribution in [0, 0.1) is 5.92 Å². The molecular formula is C14H19N5O2. The van der Waals surface area contributed by atoms with Crippen LogP contribution in [0.2, 0.25) is 0 Å². The average Bonchev–Trinajstić information content (AvgIpc) is 3.20. The van der Waals surface area contributed by atoms with Crippen molar-refractivity contribution in [2.75, 3.05) is 13.1 Å². The Morgan fingerprint density at radius 2 is 2.29 bits per heavy atom. The standard InChI is InChI=1S/C14H19N5O2/c1-11(9-19-6-2-5-16-19)14(20)18-7-3-12(4-8-18)13-15-10-21-17-13/h2,5-6,10-12H,3-4,7-9H2,1H3/t11-/m0/s1. The number of carbonyl (C=O) groups is 1. The molecule has 7 heteroatoms. The Morgan fingerprint density at radius 3 is 2.90 bits per heavy atom. The van der Waals surface area contributed by atoms with Gasteiger partial charge < -0.3 is 9.42 Å². The van der Waals surface area contributed by atoms with Crippen molar-refractivity contribution in [1.29, 1.82) is 0 Å². The summed E-state index contributed by atoms with van der Waals surface area (Å²) in [6.45, 7) is 4.08. The van der Waals surface area contributed by atoms with Gasteiger partial charge >= 0.3 is 0 Å². The summed E-state index contributed by atoms with van der Waals surface area (Å²) in [5, 5.41) is 8.04. The second-order valence-corrected chi connectivity index (χ2v) is 5.52. The zero-order valence-corrected chi connectivity index (χ0v) is 12.1. The molecule has 0 N–H and O–H groups in total. The summed E-state index contributed by atoms with van der Waals surface area (Å²) in [5.74, 6) is 1.18. The van der Waals surface area contributed by atoms with Gasteiger partial charge in [-0.2, -0.15) is 10.1 Å². The van der Waals surface area contributed by atoms with Gasteiger partial charge in [-0.3, -0.25) is 9.48 Å². The molecule has 0 radical (unpaired) electrons. The highest BCUT2D eigenvalue weighted by atomic mass is 16.5. The highest BCUT2D eigenvalue weighted by Crippen LogP contribution is 2.26. The molecule has 3 heterocycles. The van der Waals surface area contributed by atoms with Gasteiger partial charge in [0.25, 0.3) is 0 Å². The van der Waals surface area contributed by atoms with Crippen LogP contribution in [0.3, 0.4) is 0 Å². The molecule has 1 atom stereocenters. The molecule has 0 aromatic carbocycles. The van der Waals surface area contributed by atoms with Crippen LogP contribution in [0.1, 0.15) is 31.5 Å². The molecule has 112 valence electrons. The first-order chi connectivity index (χ1) is 10.2. The Morgan fingerprint density at radius 1 is 1.48 bits per heavy atom. The Kier molecular flexibility index (Phi) is 3.98. The summed E-state index contributed by atoms with van der Waals surface area (Å²) in [6, 6.07) is 1.87. The molecule has 1 amide bonds. The van der Waals surface area contributed by atoms with Crippen LogP contribution in [0.5, 0.6) is 0 Å². The van der Waals surface area contributed by atoms with Gasteiger partial charge in [-0.15, -0.1) is 0 Å². The van der Waals surface area contributed by atoms with Gasteiger partial charge in [0.2, 0.25) is 12.3 Å². The molecule has 21 heavy (non-hydrogen) atoms. The summed E-state index contributed by atoms with van der Waals surface area (Å²) in [5.41, 5.74) is 0. The molecule has 0 bridgehead atoms. The van der Waals surface area contributed by atoms with Gasteiger partial charge in [0.1, 0.15) is 0 Å². The molecule has 0 spiro atoms. The van der Waals surface area contributed by atoms with Crippen molar-refractivity contribution < 1.29 is 9.32 Å². The molecular weight excluding hydrogens is 270 g/mol. The van der Waals surface area contributed by atoms with E-state index in [9.17, 15) is 4.79 Å². The minimum atomic E-state index is -0.0633. The minimum absolute atomic E-state index is 0.0633. The largest absolute Gasteiger partial charge is 0.343 e. The van der Waals surface area contributed by atoms with Crippen molar-refractivity contribution in [2.45, 2.75) is 32.2 Å². The third-order valence-electron chi connectivity index (χ3n) is 3.99. The first kappa shape index (κ1) is 13.8. The molecule has 0 unspecified atom stereocenters. The van der Waals surface area contributed by atoms with Crippen LogP contribution in [-0.2, 0) is 11.3 Å². The first-order valence-electron chi connectivity index (χ1n) is 7.26. The van der Waals surface area contributed by atoms with Gasteiger partial charge in [-0.25, -0.2) is 0 Å². The maximum Gasteiger partial charge on any atom is 0.227 e. The average molecular weight is 289 g/mol. The number of rotatable bonds is 4. The minimum Gasteiger partial charge on any atom is -0.343 e. The molecule has 0 saturated carbocycles. The highest BCUT2D eigenvalue weighted by Gasteiger charge is 2.28. The van der Waals surface area contributed by atoms with Crippen molar-refractivity contribution in [2.24, 2.45) is 5.92 Å². The SMILES string of the molecule is C[C@@H](Cn1cccn1)C(=O)N1CCC(c2ncon2)CC1. The Labute approximate surface area is 122 Å². The number of nitrogens with zero attached hydrogens (tertiary/aromatic N) is 5. The lowest BCUT2D eigenvalue weighted by Gasteiger charge is -2.32. The summed E-state index contributed by atoms with van der Waals surface area (Å²) < 4.78 is 6.59. The van der Waals surface area contributed by atoms with E-state index in [1.807, 2.05) is 24.1 Å². The van der Waals surface area contributed by atoms with E-state index < -0.39 is 0 Å². The Bertz CT molecular complexity index is 558. The highest BCUT2D eigenvalue weighted by molar-refractivity contribution is 5.78. The van der Waals surface area contributed by atoms with Crippen LogP contribution in [-0.4, -0.2) is 43.8 Å². The lowest BCUT2D eigenvalue weighted by Crippen LogP contribution is -2.41. The molecule has 1 aliphatic rings. The summed E-state index contributed by atoms with van der Waals surface area (Å²) in [7, 11) is 0. The fourth-order valence-corrected chi connectivity index (χ4v) is 2.80. The zero-order chi connectivity index (χ0) is 14.7. The van der Waals surface area contributed by atoms with E-state index in [4.69, 9.17) is 4.52 Å². The lowest BCUT2D eigenvalue weighted by molar-refractivity contribution is -0.136. The van der Waals surface area contributed by atoms with Crippen molar-refractivity contribution in [1.82, 2.24) is 24.8 Å². The third kappa shape index (κ3) is 3.12. The number of hydrogen-bond donors (Lipinski definition) is 0. The zero-order valence-electron chi connectivity index (χ0n) is 12.1. The fraction of sp³-hybridized carbons (Fsp3) is 0.571. The predicted octanol–water partition coefficient (Wildman–Crippen LogP) is 1.31. The van der Waals surface area contributed by atoms with E-state index in [1.54, 1.807) is 10.9 Å². The molecule has 1 fully saturated rings. The van der Waals surface area contributed by atoms with E-state index in [0.29, 0.717) is 12.5 Å². The van der Waals surface area contributed by atoms with Crippen molar-refractivity contribution in [3.05, 3.63) is 30.7 Å². The maximum atomic E-state index is 12.5. The van der Waals surface area contributed by atoms with Gasteiger partial charge in [0, 0.05) is 31.4 Å². The summed E-state index contributed by atoms with van der Waals surface area (Å²) >= 11 is 0. The van der Waals surface area contributed by atoms with Gasteiger partial charge in [0.15, 0.2) is 5.82 Å². The summed E-state index contributed by atoms with van der Waals surface area (Å²) in [6.07, 6.45) is 6.75. The van der Waals surface area contributed by atoms with E-state index in [-0.39, 0.29) is 11.8 Å². The van der Waals surface area contributed by atoms with Crippen molar-refractivity contribution >= 4 is 5.91 Å². The molecule has 7 nitrogen and oxygen atoms in total. The van der Waals surface area contributed by atoms with E-state index in [1.165, 1.54) is 6.39 Å². The Balaban J connectivity index is 1.52. The number of carbonyl (C=O) groups excluding carboxylic acids is 1. The fourth-order valence-electron chi connectivity index (χ4n) is 2.80. The second-order valence-electron chi connectivity index (χ2n) is 5.52.